The minimum atomic E-state index is 1.14. The van der Waals surface area contributed by atoms with Gasteiger partial charge in [0.15, 0.2) is 0 Å². The van der Waals surface area contributed by atoms with E-state index in [1.807, 2.05) is 6.08 Å². The van der Waals surface area contributed by atoms with E-state index in [0.29, 0.717) is 0 Å². The summed E-state index contributed by atoms with van der Waals surface area (Å²) in [5, 5.41) is 7.76. The third kappa shape index (κ3) is 2.25. The van der Waals surface area contributed by atoms with Crippen molar-refractivity contribution in [1.82, 2.24) is 0 Å². The molecule has 0 aliphatic carbocycles. The zero-order valence-electron chi connectivity index (χ0n) is 17.5. The van der Waals surface area contributed by atoms with Gasteiger partial charge in [-0.1, -0.05) is 79.4 Å². The Hall–Kier alpha value is -4.23. The maximum absolute atomic E-state index is 3.89. The summed E-state index contributed by atoms with van der Waals surface area (Å²) < 4.78 is 2.47. The first kappa shape index (κ1) is 17.5. The lowest BCUT2D eigenvalue weighted by Crippen LogP contribution is -2.26. The van der Waals surface area contributed by atoms with Crippen molar-refractivity contribution >= 4 is 54.9 Å². The van der Waals surface area contributed by atoms with E-state index in [-0.39, 0.29) is 0 Å². The summed E-state index contributed by atoms with van der Waals surface area (Å²) in [5.41, 5.74) is 7.37. The number of para-hydroxylation sites is 1. The fraction of sp³-hybridized carbons (Fsp3) is 0. The molecule has 1 heteroatoms. The third-order valence-electron chi connectivity index (χ3n) is 6.79. The second-order valence-electron chi connectivity index (χ2n) is 8.47. The molecule has 3 aromatic heterocycles. The van der Waals surface area contributed by atoms with Gasteiger partial charge < -0.3 is 0 Å². The van der Waals surface area contributed by atoms with Gasteiger partial charge in [-0.3, -0.25) is 0 Å². The Morgan fingerprint density at radius 3 is 1.53 bits per heavy atom. The van der Waals surface area contributed by atoms with E-state index in [9.17, 15) is 0 Å². The lowest BCUT2D eigenvalue weighted by atomic mass is 9.95. The van der Waals surface area contributed by atoms with E-state index < -0.39 is 0 Å². The van der Waals surface area contributed by atoms with Crippen LogP contribution in [0.2, 0.25) is 0 Å². The molecule has 0 amide bonds. The number of aromatic nitrogens is 1. The van der Waals surface area contributed by atoms with Crippen LogP contribution in [0.15, 0.2) is 110 Å². The van der Waals surface area contributed by atoms with Crippen LogP contribution in [0.1, 0.15) is 5.56 Å². The Bertz CT molecular complexity index is 1720. The molecule has 0 saturated heterocycles. The van der Waals surface area contributed by atoms with Gasteiger partial charge in [-0.05, 0) is 41.0 Å². The molecule has 0 bridgehead atoms. The molecule has 7 aromatic rings. The molecule has 0 saturated carbocycles. The largest absolute Gasteiger partial charge is 0.227 e. The van der Waals surface area contributed by atoms with Crippen molar-refractivity contribution in [2.75, 3.05) is 0 Å². The molecular formula is C31H20N+. The summed E-state index contributed by atoms with van der Waals surface area (Å²) in [6.45, 7) is 3.89. The van der Waals surface area contributed by atoms with Crippen molar-refractivity contribution in [3.63, 3.8) is 0 Å². The zero-order valence-corrected chi connectivity index (χ0v) is 17.5. The van der Waals surface area contributed by atoms with E-state index in [0.717, 1.165) is 5.56 Å². The van der Waals surface area contributed by atoms with Crippen molar-refractivity contribution < 1.29 is 4.40 Å². The molecule has 0 radical (unpaired) electrons. The molecule has 3 heterocycles. The van der Waals surface area contributed by atoms with Gasteiger partial charge in [-0.25, -0.2) is 0 Å². The van der Waals surface area contributed by atoms with Gasteiger partial charge in [0.2, 0.25) is 16.6 Å². The van der Waals surface area contributed by atoms with Gasteiger partial charge in [0.25, 0.3) is 0 Å². The maximum atomic E-state index is 3.89. The molecule has 0 N–H and O–H groups in total. The molecule has 0 fully saturated rings. The molecule has 0 spiro atoms. The Balaban J connectivity index is 1.77. The Morgan fingerprint density at radius 1 is 0.500 bits per heavy atom. The minimum Gasteiger partial charge on any atom is -0.152 e. The Kier molecular flexibility index (Phi) is 3.48. The molecule has 1 nitrogen and oxygen atoms in total. The van der Waals surface area contributed by atoms with Crippen LogP contribution in [0.25, 0.3) is 66.1 Å². The minimum absolute atomic E-state index is 1.14. The van der Waals surface area contributed by atoms with Crippen LogP contribution in [-0.4, -0.2) is 0 Å². The summed E-state index contributed by atoms with van der Waals surface area (Å²) in [5.74, 6) is 0. The van der Waals surface area contributed by atoms with E-state index in [1.54, 1.807) is 0 Å². The predicted molar refractivity (Wildman–Crippen MR) is 136 cm³/mol. The quantitative estimate of drug-likeness (QED) is 0.157. The van der Waals surface area contributed by atoms with Crippen LogP contribution in [0.3, 0.4) is 0 Å². The van der Waals surface area contributed by atoms with Gasteiger partial charge in [0, 0.05) is 22.9 Å². The number of hydrogen-bond donors (Lipinski definition) is 0. The van der Waals surface area contributed by atoms with Gasteiger partial charge in [-0.15, -0.1) is 0 Å². The summed E-state index contributed by atoms with van der Waals surface area (Å²) in [6.07, 6.45) is 1.89. The SMILES string of the molecule is C=Cc1ccc(-c2cc3c4ccccc4c4cccc5c6ccccc6c(c2)[n+]3c45)cc1. The van der Waals surface area contributed by atoms with E-state index in [4.69, 9.17) is 0 Å². The summed E-state index contributed by atoms with van der Waals surface area (Å²) in [6, 6.07) is 37.6. The van der Waals surface area contributed by atoms with Gasteiger partial charge in [0.05, 0.1) is 21.5 Å². The van der Waals surface area contributed by atoms with Crippen LogP contribution in [0.5, 0.6) is 0 Å². The first-order valence-corrected chi connectivity index (χ1v) is 11.0. The molecule has 4 aromatic carbocycles. The summed E-state index contributed by atoms with van der Waals surface area (Å²) >= 11 is 0. The lowest BCUT2D eigenvalue weighted by Gasteiger charge is -2.12. The fourth-order valence-corrected chi connectivity index (χ4v) is 5.31. The number of pyridine rings is 3. The molecule has 32 heavy (non-hydrogen) atoms. The van der Waals surface area contributed by atoms with E-state index in [2.05, 4.69) is 114 Å². The first-order valence-electron chi connectivity index (χ1n) is 11.0. The second-order valence-corrected chi connectivity index (χ2v) is 8.47. The van der Waals surface area contributed by atoms with Gasteiger partial charge in [-0.2, -0.15) is 4.40 Å². The molecule has 0 aliphatic rings. The lowest BCUT2D eigenvalue weighted by molar-refractivity contribution is -0.448. The topological polar surface area (TPSA) is 4.10 Å². The molecule has 7 rings (SSSR count). The molecule has 148 valence electrons. The summed E-state index contributed by atoms with van der Waals surface area (Å²) in [7, 11) is 0. The highest BCUT2D eigenvalue weighted by Crippen LogP contribution is 2.36. The van der Waals surface area contributed by atoms with Crippen molar-refractivity contribution in [2.24, 2.45) is 0 Å². The van der Waals surface area contributed by atoms with Crippen LogP contribution in [-0.2, 0) is 0 Å². The highest BCUT2D eigenvalue weighted by atomic mass is 14.9. The number of nitrogens with zero attached hydrogens (tertiary/aromatic N) is 1. The monoisotopic (exact) mass is 406 g/mol. The third-order valence-corrected chi connectivity index (χ3v) is 6.79. The molecule has 0 atom stereocenters. The highest BCUT2D eigenvalue weighted by Gasteiger charge is 2.24. The van der Waals surface area contributed by atoms with Crippen LogP contribution >= 0.6 is 0 Å². The molecular weight excluding hydrogens is 386 g/mol. The summed E-state index contributed by atoms with van der Waals surface area (Å²) in [4.78, 5) is 0. The highest BCUT2D eigenvalue weighted by molar-refractivity contribution is 6.20. The zero-order chi connectivity index (χ0) is 21.2. The van der Waals surface area contributed by atoms with Crippen molar-refractivity contribution in [3.05, 3.63) is 115 Å². The van der Waals surface area contributed by atoms with E-state index in [1.165, 1.54) is 60.0 Å². The van der Waals surface area contributed by atoms with Gasteiger partial charge >= 0.3 is 0 Å². The average Bonchev–Trinajstić information content (AvgIpc) is 2.88. The number of fused-ring (bicyclic) bond motifs is 6. The van der Waals surface area contributed by atoms with Crippen molar-refractivity contribution in [1.29, 1.82) is 0 Å². The van der Waals surface area contributed by atoms with Crippen molar-refractivity contribution in [3.8, 4) is 11.1 Å². The fourth-order valence-electron chi connectivity index (χ4n) is 5.31. The maximum Gasteiger partial charge on any atom is 0.227 e. The standard InChI is InChI=1S/C31H20N/c1-2-20-14-16-21(17-15-20)22-18-29-25-10-5-3-8-23(25)27-12-7-13-28-24-9-4-6-11-26(24)30(19-22)32(29)31(27)28/h2-19H,1H2/q+1. The molecule has 0 aliphatic heterocycles. The Morgan fingerprint density at radius 2 is 1.00 bits per heavy atom. The number of benzene rings is 4. The number of rotatable bonds is 2. The Labute approximate surface area is 185 Å². The van der Waals surface area contributed by atoms with Crippen molar-refractivity contribution in [2.45, 2.75) is 0 Å². The average molecular weight is 407 g/mol. The smallest absolute Gasteiger partial charge is 0.152 e. The van der Waals surface area contributed by atoms with Crippen LogP contribution < -0.4 is 4.40 Å². The predicted octanol–water partition coefficient (Wildman–Crippen LogP) is 7.79. The normalized spacial score (nSPS) is 11.9. The van der Waals surface area contributed by atoms with Crippen LogP contribution in [0.4, 0.5) is 0 Å². The van der Waals surface area contributed by atoms with Crippen LogP contribution in [0, 0.1) is 0 Å². The molecule has 0 unspecified atom stereocenters. The van der Waals surface area contributed by atoms with E-state index >= 15 is 0 Å². The second kappa shape index (κ2) is 6.38. The number of hydrogen-bond acceptors (Lipinski definition) is 0. The van der Waals surface area contributed by atoms with Gasteiger partial charge in [0.1, 0.15) is 0 Å². The first-order chi connectivity index (χ1) is 15.8.